The molecular formula is C24H23Br2N3O4S. The highest BCUT2D eigenvalue weighted by Crippen LogP contribution is 2.34. The molecule has 0 fully saturated rings. The second kappa shape index (κ2) is 12.7. The summed E-state index contributed by atoms with van der Waals surface area (Å²) in [5.74, 6) is 0.356. The van der Waals surface area contributed by atoms with Gasteiger partial charge in [0.15, 0.2) is 11.7 Å². The highest BCUT2D eigenvalue weighted by molar-refractivity contribution is 9.11. The van der Waals surface area contributed by atoms with Crippen LogP contribution in [-0.4, -0.2) is 30.1 Å². The maximum atomic E-state index is 12.3. The second-order valence-electron chi connectivity index (χ2n) is 7.21. The van der Waals surface area contributed by atoms with Crippen molar-refractivity contribution in [3.05, 3.63) is 69.1 Å². The minimum Gasteiger partial charge on any atom is -0.494 e. The van der Waals surface area contributed by atoms with E-state index < -0.39 is 11.8 Å². The first-order valence-corrected chi connectivity index (χ1v) is 12.5. The summed E-state index contributed by atoms with van der Waals surface area (Å²) in [6, 6.07) is 16.3. The molecule has 178 valence electrons. The van der Waals surface area contributed by atoms with Crippen molar-refractivity contribution >= 4 is 71.8 Å². The van der Waals surface area contributed by atoms with Crippen molar-refractivity contribution in [2.24, 2.45) is 0 Å². The maximum Gasteiger partial charge on any atom is 0.276 e. The molecule has 3 aromatic rings. The van der Waals surface area contributed by atoms with E-state index in [1.54, 1.807) is 30.3 Å². The lowest BCUT2D eigenvalue weighted by Crippen LogP contribution is -2.49. The molecule has 0 spiro atoms. The van der Waals surface area contributed by atoms with E-state index >= 15 is 0 Å². The lowest BCUT2D eigenvalue weighted by molar-refractivity contribution is -0.123. The average Bonchev–Trinajstić information content (AvgIpc) is 2.83. The number of carbonyl (C=O) groups is 2. The van der Waals surface area contributed by atoms with Crippen LogP contribution in [0.15, 0.2) is 63.5 Å². The molecule has 0 aliphatic carbocycles. The summed E-state index contributed by atoms with van der Waals surface area (Å²) in [4.78, 5) is 24.5. The molecule has 0 saturated carbocycles. The molecule has 0 aromatic heterocycles. The molecule has 3 aromatic carbocycles. The van der Waals surface area contributed by atoms with Gasteiger partial charge < -0.3 is 9.47 Å². The number of rotatable bonds is 8. The summed E-state index contributed by atoms with van der Waals surface area (Å²) in [6.07, 6.45) is 2.02. The fraction of sp³-hybridized carbons (Fsp3) is 0.208. The lowest BCUT2D eigenvalue weighted by atomic mass is 10.1. The second-order valence-corrected chi connectivity index (χ2v) is 9.33. The SMILES string of the molecule is CCCCOc1ccc(C(=O)NC(=S)NNC(=O)COc2ccc3cc(Br)ccc3c2Br)cc1. The molecule has 0 saturated heterocycles. The van der Waals surface area contributed by atoms with Crippen LogP contribution in [0.25, 0.3) is 10.8 Å². The Balaban J connectivity index is 1.43. The average molecular weight is 609 g/mol. The van der Waals surface area contributed by atoms with E-state index in [-0.39, 0.29) is 11.7 Å². The lowest BCUT2D eigenvalue weighted by Gasteiger charge is -2.13. The summed E-state index contributed by atoms with van der Waals surface area (Å²) in [6.45, 7) is 2.48. The standard InChI is InChI=1S/C24H23Br2N3O4S/c1-2-3-12-32-18-8-4-15(5-9-18)23(31)27-24(34)29-28-21(30)14-33-20-11-6-16-13-17(25)7-10-19(16)22(20)26/h4-11,13H,2-3,12,14H2,1H3,(H,28,30)(H2,27,29,31,34). The Labute approximate surface area is 219 Å². The Morgan fingerprint density at radius 1 is 0.971 bits per heavy atom. The predicted molar refractivity (Wildman–Crippen MR) is 143 cm³/mol. The van der Waals surface area contributed by atoms with Gasteiger partial charge in [-0.1, -0.05) is 41.4 Å². The number of ether oxygens (including phenoxy) is 2. The van der Waals surface area contributed by atoms with E-state index in [1.807, 2.05) is 24.3 Å². The smallest absolute Gasteiger partial charge is 0.276 e. The van der Waals surface area contributed by atoms with Gasteiger partial charge >= 0.3 is 0 Å². The minimum atomic E-state index is -0.465. The van der Waals surface area contributed by atoms with Gasteiger partial charge in [0.05, 0.1) is 11.1 Å². The molecule has 0 bridgehead atoms. The molecule has 0 atom stereocenters. The van der Waals surface area contributed by atoms with Crippen LogP contribution in [0.5, 0.6) is 11.5 Å². The quantitative estimate of drug-likeness (QED) is 0.184. The van der Waals surface area contributed by atoms with Gasteiger partial charge in [-0.2, -0.15) is 0 Å². The van der Waals surface area contributed by atoms with Crippen molar-refractivity contribution in [3.8, 4) is 11.5 Å². The van der Waals surface area contributed by atoms with Gasteiger partial charge in [-0.15, -0.1) is 0 Å². The zero-order valence-corrected chi connectivity index (χ0v) is 22.3. The van der Waals surface area contributed by atoms with Crippen LogP contribution >= 0.6 is 44.1 Å². The topological polar surface area (TPSA) is 88.7 Å². The highest BCUT2D eigenvalue weighted by Gasteiger charge is 2.11. The van der Waals surface area contributed by atoms with E-state index in [4.69, 9.17) is 21.7 Å². The van der Waals surface area contributed by atoms with Crippen LogP contribution in [0.1, 0.15) is 30.1 Å². The number of hydrazine groups is 1. The summed E-state index contributed by atoms with van der Waals surface area (Å²) >= 11 is 12.0. The van der Waals surface area contributed by atoms with Gasteiger partial charge in [-0.05, 0) is 87.8 Å². The van der Waals surface area contributed by atoms with Gasteiger partial charge in [0, 0.05) is 10.0 Å². The normalized spacial score (nSPS) is 10.4. The number of halogens is 2. The van der Waals surface area contributed by atoms with Crippen molar-refractivity contribution in [2.45, 2.75) is 19.8 Å². The monoisotopic (exact) mass is 607 g/mol. The Morgan fingerprint density at radius 2 is 1.74 bits per heavy atom. The Kier molecular flexibility index (Phi) is 9.67. The van der Waals surface area contributed by atoms with Gasteiger partial charge in [0.2, 0.25) is 0 Å². The van der Waals surface area contributed by atoms with E-state index in [2.05, 4.69) is 55.0 Å². The minimum absolute atomic E-state index is 0.0425. The first-order valence-electron chi connectivity index (χ1n) is 10.5. The molecular weight excluding hydrogens is 586 g/mol. The van der Waals surface area contributed by atoms with Gasteiger partial charge in [0.25, 0.3) is 11.8 Å². The number of benzene rings is 3. The molecule has 10 heteroatoms. The van der Waals surface area contributed by atoms with Crippen LogP contribution in [0.3, 0.4) is 0 Å². The number of amides is 2. The van der Waals surface area contributed by atoms with Crippen molar-refractivity contribution in [3.63, 3.8) is 0 Å². The van der Waals surface area contributed by atoms with Crippen LogP contribution in [-0.2, 0) is 4.79 Å². The molecule has 2 amide bonds. The highest BCUT2D eigenvalue weighted by atomic mass is 79.9. The van der Waals surface area contributed by atoms with E-state index in [1.165, 1.54) is 0 Å². The number of carbonyl (C=O) groups excluding carboxylic acids is 2. The van der Waals surface area contributed by atoms with Crippen molar-refractivity contribution in [1.29, 1.82) is 0 Å². The summed E-state index contributed by atoms with van der Waals surface area (Å²) in [5.41, 5.74) is 5.31. The van der Waals surface area contributed by atoms with Crippen LogP contribution in [0.4, 0.5) is 0 Å². The molecule has 3 N–H and O–H groups in total. The summed E-state index contributed by atoms with van der Waals surface area (Å²) in [7, 11) is 0. The molecule has 0 aliphatic heterocycles. The predicted octanol–water partition coefficient (Wildman–Crippen LogP) is 5.26. The third-order valence-corrected chi connectivity index (χ3v) is 6.18. The zero-order chi connectivity index (χ0) is 24.5. The maximum absolute atomic E-state index is 12.3. The molecule has 0 radical (unpaired) electrons. The molecule has 0 unspecified atom stereocenters. The third-order valence-electron chi connectivity index (χ3n) is 4.67. The fourth-order valence-electron chi connectivity index (χ4n) is 2.90. The summed E-state index contributed by atoms with van der Waals surface area (Å²) in [5, 5.41) is 4.45. The largest absolute Gasteiger partial charge is 0.494 e. The molecule has 7 nitrogen and oxygen atoms in total. The Bertz CT molecular complexity index is 1190. The van der Waals surface area contributed by atoms with Gasteiger partial charge in [-0.3, -0.25) is 25.8 Å². The number of thiocarbonyl (C=S) groups is 1. The Hall–Kier alpha value is -2.69. The summed E-state index contributed by atoms with van der Waals surface area (Å²) < 4.78 is 12.9. The first kappa shape index (κ1) is 25.9. The number of hydrogen-bond acceptors (Lipinski definition) is 5. The number of fused-ring (bicyclic) bond motifs is 1. The third kappa shape index (κ3) is 7.41. The van der Waals surface area contributed by atoms with Crippen molar-refractivity contribution in [1.82, 2.24) is 16.2 Å². The Morgan fingerprint density at radius 3 is 2.47 bits per heavy atom. The van der Waals surface area contributed by atoms with Gasteiger partial charge in [0.1, 0.15) is 11.5 Å². The molecule has 34 heavy (non-hydrogen) atoms. The van der Waals surface area contributed by atoms with Crippen LogP contribution in [0, 0.1) is 0 Å². The van der Waals surface area contributed by atoms with Crippen LogP contribution < -0.4 is 25.6 Å². The first-order chi connectivity index (χ1) is 16.4. The molecule has 0 aliphatic rings. The number of hydrogen-bond donors (Lipinski definition) is 3. The number of unbranched alkanes of at least 4 members (excludes halogenated alkanes) is 1. The van der Waals surface area contributed by atoms with Crippen LogP contribution in [0.2, 0.25) is 0 Å². The molecule has 3 rings (SSSR count). The van der Waals surface area contributed by atoms with Gasteiger partial charge in [-0.25, -0.2) is 0 Å². The van der Waals surface area contributed by atoms with Crippen molar-refractivity contribution in [2.75, 3.05) is 13.2 Å². The van der Waals surface area contributed by atoms with Crippen molar-refractivity contribution < 1.29 is 19.1 Å². The van der Waals surface area contributed by atoms with E-state index in [0.29, 0.717) is 23.7 Å². The van der Waals surface area contributed by atoms with E-state index in [9.17, 15) is 9.59 Å². The zero-order valence-electron chi connectivity index (χ0n) is 18.3. The molecule has 0 heterocycles. The van der Waals surface area contributed by atoms with E-state index in [0.717, 1.165) is 32.6 Å². The number of nitrogens with one attached hydrogen (secondary N) is 3. The fourth-order valence-corrected chi connectivity index (χ4v) is 4.03.